The third kappa shape index (κ3) is 4.09. The first kappa shape index (κ1) is 8.56. The van der Waals surface area contributed by atoms with Crippen LogP contribution in [0.5, 0.6) is 0 Å². The zero-order valence-corrected chi connectivity index (χ0v) is 6.83. The van der Waals surface area contributed by atoms with Gasteiger partial charge in [-0.05, 0) is 31.4 Å². The van der Waals surface area contributed by atoms with E-state index in [9.17, 15) is 0 Å². The van der Waals surface area contributed by atoms with Crippen molar-refractivity contribution in [2.24, 2.45) is 10.1 Å². The quantitative estimate of drug-likeness (QED) is 0.472. The summed E-state index contributed by atoms with van der Waals surface area (Å²) in [4.78, 5) is 0. The average molecular weight is 144 g/mol. The highest BCUT2D eigenvalue weighted by atomic mass is 32.2. The largest absolute Gasteiger partial charge is 0.402 e. The predicted molar refractivity (Wildman–Crippen MR) is 44.6 cm³/mol. The maximum atomic E-state index is 5.46. The summed E-state index contributed by atoms with van der Waals surface area (Å²) in [5.74, 6) is 0. The van der Waals surface area contributed by atoms with E-state index in [-0.39, 0.29) is 0 Å². The maximum Gasteiger partial charge on any atom is 0.0397 e. The van der Waals surface area contributed by atoms with E-state index < -0.39 is 0 Å². The molecule has 0 amide bonds. The molecule has 0 bridgehead atoms. The summed E-state index contributed by atoms with van der Waals surface area (Å²) in [7, 11) is 0. The van der Waals surface area contributed by atoms with Crippen LogP contribution in [-0.2, 0) is 0 Å². The summed E-state index contributed by atoms with van der Waals surface area (Å²) in [6, 6.07) is 0. The third-order valence-corrected chi connectivity index (χ3v) is 1.29. The van der Waals surface area contributed by atoms with Gasteiger partial charge in [-0.2, -0.15) is 0 Å². The molecule has 0 aliphatic heterocycles. The predicted octanol–water partition coefficient (Wildman–Crippen LogP) is 1.59. The van der Waals surface area contributed by atoms with E-state index in [4.69, 9.17) is 5.73 Å². The van der Waals surface area contributed by atoms with Gasteiger partial charge in [0.2, 0.25) is 0 Å². The number of allylic oxidation sites excluding steroid dienone is 2. The van der Waals surface area contributed by atoms with Crippen LogP contribution in [0.4, 0.5) is 0 Å². The average Bonchev–Trinajstić information content (AvgIpc) is 1.82. The fraction of sp³-hybridized carbons (Fsp3) is 0.500. The molecule has 0 saturated heterocycles. The second-order valence-corrected chi connectivity index (χ2v) is 2.36. The number of nitrogens with zero attached hydrogens (tertiary/aromatic N) is 1. The zero-order chi connectivity index (χ0) is 7.28. The second-order valence-electron chi connectivity index (χ2n) is 1.78. The lowest BCUT2D eigenvalue weighted by molar-refractivity contribution is 1.26. The van der Waals surface area contributed by atoms with Gasteiger partial charge < -0.3 is 5.73 Å². The molecule has 0 aromatic heterocycles. The van der Waals surface area contributed by atoms with Gasteiger partial charge in [-0.1, -0.05) is 0 Å². The smallest absolute Gasteiger partial charge is 0.0397 e. The fourth-order valence-corrected chi connectivity index (χ4v) is 0.497. The molecule has 52 valence electrons. The Morgan fingerprint density at radius 3 is 2.44 bits per heavy atom. The van der Waals surface area contributed by atoms with Crippen molar-refractivity contribution in [1.82, 2.24) is 0 Å². The lowest BCUT2D eigenvalue weighted by Gasteiger charge is -1.92. The molecule has 0 atom stereocenters. The zero-order valence-electron chi connectivity index (χ0n) is 6.01. The van der Waals surface area contributed by atoms with Gasteiger partial charge in [0.1, 0.15) is 0 Å². The number of hydrogen-bond acceptors (Lipinski definition) is 3. The third-order valence-electron chi connectivity index (χ3n) is 0.974. The van der Waals surface area contributed by atoms with Gasteiger partial charge in [-0.25, -0.2) is 4.40 Å². The highest BCUT2D eigenvalue weighted by Crippen LogP contribution is 1.97. The SMILES string of the molecule is CSN=CC(C)=C(C)N. The monoisotopic (exact) mass is 144 g/mol. The van der Waals surface area contributed by atoms with Crippen molar-refractivity contribution < 1.29 is 0 Å². The van der Waals surface area contributed by atoms with Gasteiger partial charge in [0.15, 0.2) is 0 Å². The van der Waals surface area contributed by atoms with Crippen molar-refractivity contribution in [2.45, 2.75) is 13.8 Å². The van der Waals surface area contributed by atoms with Crippen LogP contribution >= 0.6 is 11.9 Å². The van der Waals surface area contributed by atoms with Gasteiger partial charge in [-0.3, -0.25) is 0 Å². The fourth-order valence-electron chi connectivity index (χ4n) is 0.234. The molecule has 0 radical (unpaired) electrons. The van der Waals surface area contributed by atoms with Gasteiger partial charge in [0, 0.05) is 18.2 Å². The molecule has 0 unspecified atom stereocenters. The van der Waals surface area contributed by atoms with Gasteiger partial charge in [-0.15, -0.1) is 0 Å². The van der Waals surface area contributed by atoms with Gasteiger partial charge >= 0.3 is 0 Å². The van der Waals surface area contributed by atoms with Crippen LogP contribution < -0.4 is 5.73 Å². The highest BCUT2D eigenvalue weighted by molar-refractivity contribution is 7.97. The molecule has 0 saturated carbocycles. The van der Waals surface area contributed by atoms with Crippen LogP contribution in [0.25, 0.3) is 0 Å². The van der Waals surface area contributed by atoms with Crippen LogP contribution in [0.3, 0.4) is 0 Å². The molecule has 0 aromatic carbocycles. The Bertz CT molecular complexity index is 134. The van der Waals surface area contributed by atoms with Gasteiger partial charge in [0.25, 0.3) is 0 Å². The van der Waals surface area contributed by atoms with E-state index in [1.165, 1.54) is 11.9 Å². The Morgan fingerprint density at radius 1 is 1.56 bits per heavy atom. The summed E-state index contributed by atoms with van der Waals surface area (Å²) in [6.45, 7) is 3.80. The van der Waals surface area contributed by atoms with Crippen LogP contribution in [0.1, 0.15) is 13.8 Å². The molecule has 0 spiro atoms. The van der Waals surface area contributed by atoms with E-state index in [0.717, 1.165) is 11.3 Å². The molecular formula is C6H12N2S. The molecule has 2 N–H and O–H groups in total. The Morgan fingerprint density at radius 2 is 2.11 bits per heavy atom. The molecule has 9 heavy (non-hydrogen) atoms. The van der Waals surface area contributed by atoms with Crippen molar-refractivity contribution in [3.8, 4) is 0 Å². The van der Waals surface area contributed by atoms with Crippen LogP contribution in [0, 0.1) is 0 Å². The van der Waals surface area contributed by atoms with Crippen LogP contribution in [0.2, 0.25) is 0 Å². The van der Waals surface area contributed by atoms with E-state index in [1.54, 1.807) is 6.21 Å². The summed E-state index contributed by atoms with van der Waals surface area (Å²) < 4.78 is 3.95. The van der Waals surface area contributed by atoms with Crippen molar-refractivity contribution >= 4 is 18.2 Å². The Labute approximate surface area is 60.4 Å². The van der Waals surface area contributed by atoms with Crippen LogP contribution in [0.15, 0.2) is 15.7 Å². The number of nitrogens with two attached hydrogens (primary N) is 1. The lowest BCUT2D eigenvalue weighted by atomic mass is 10.3. The van der Waals surface area contributed by atoms with Crippen molar-refractivity contribution in [3.63, 3.8) is 0 Å². The normalized spacial score (nSPS) is 14.1. The molecule has 0 fully saturated rings. The minimum Gasteiger partial charge on any atom is -0.402 e. The first-order valence-corrected chi connectivity index (χ1v) is 3.86. The first-order valence-electron chi connectivity index (χ1n) is 2.68. The van der Waals surface area contributed by atoms with E-state index in [2.05, 4.69) is 4.40 Å². The molecular weight excluding hydrogens is 132 g/mol. The summed E-state index contributed by atoms with van der Waals surface area (Å²) in [5, 5.41) is 0. The molecule has 0 aliphatic rings. The highest BCUT2D eigenvalue weighted by Gasteiger charge is 1.84. The summed E-state index contributed by atoms with van der Waals surface area (Å²) in [6.07, 6.45) is 3.68. The summed E-state index contributed by atoms with van der Waals surface area (Å²) >= 11 is 1.43. The van der Waals surface area contributed by atoms with E-state index >= 15 is 0 Å². The topological polar surface area (TPSA) is 38.4 Å². The molecule has 0 aliphatic carbocycles. The van der Waals surface area contributed by atoms with Crippen molar-refractivity contribution in [3.05, 3.63) is 11.3 Å². The maximum absolute atomic E-state index is 5.46. The van der Waals surface area contributed by atoms with Crippen molar-refractivity contribution in [1.29, 1.82) is 0 Å². The summed E-state index contributed by atoms with van der Waals surface area (Å²) in [5.41, 5.74) is 7.31. The Kier molecular flexibility index (Phi) is 4.22. The molecule has 0 aromatic rings. The lowest BCUT2D eigenvalue weighted by Crippen LogP contribution is -1.95. The van der Waals surface area contributed by atoms with E-state index in [0.29, 0.717) is 0 Å². The standard InChI is InChI=1S/C6H12N2S/c1-5(6(2)7)4-8-9-3/h4H,7H2,1-3H3. The molecule has 0 heterocycles. The van der Waals surface area contributed by atoms with Crippen molar-refractivity contribution in [2.75, 3.05) is 6.26 Å². The minimum absolute atomic E-state index is 0.827. The Balaban J connectivity index is 3.91. The number of hydrogen-bond donors (Lipinski definition) is 1. The van der Waals surface area contributed by atoms with E-state index in [1.807, 2.05) is 20.1 Å². The van der Waals surface area contributed by atoms with Gasteiger partial charge in [0.05, 0.1) is 0 Å². The molecule has 3 heteroatoms. The molecule has 0 rings (SSSR count). The van der Waals surface area contributed by atoms with Crippen LogP contribution in [-0.4, -0.2) is 12.5 Å². The Hall–Kier alpha value is -0.440. The second kappa shape index (κ2) is 4.44. The molecule has 2 nitrogen and oxygen atoms in total. The number of rotatable bonds is 2. The first-order chi connectivity index (χ1) is 4.18. The minimum atomic E-state index is 0.827.